The third-order valence-electron chi connectivity index (χ3n) is 6.24. The molecule has 0 aliphatic carbocycles. The van der Waals surface area contributed by atoms with Gasteiger partial charge in [0, 0.05) is 32.7 Å². The van der Waals surface area contributed by atoms with Crippen molar-refractivity contribution < 1.29 is 14.3 Å². The van der Waals surface area contributed by atoms with Gasteiger partial charge in [-0.1, -0.05) is 41.4 Å². The molecule has 1 aromatic heterocycles. The van der Waals surface area contributed by atoms with Crippen LogP contribution in [0.4, 0.5) is 17.2 Å². The van der Waals surface area contributed by atoms with E-state index in [0.717, 1.165) is 0 Å². The number of aromatic nitrogens is 2. The number of rotatable bonds is 7. The molecule has 1 aliphatic rings. The lowest BCUT2D eigenvalue weighted by Crippen LogP contribution is -2.32. The van der Waals surface area contributed by atoms with Gasteiger partial charge < -0.3 is 20.7 Å². The summed E-state index contributed by atoms with van der Waals surface area (Å²) in [4.78, 5) is 26.9. The summed E-state index contributed by atoms with van der Waals surface area (Å²) in [7, 11) is 0. The number of hydrogen-bond acceptors (Lipinski definition) is 5. The van der Waals surface area contributed by atoms with E-state index in [2.05, 4.69) is 21.0 Å². The van der Waals surface area contributed by atoms with Gasteiger partial charge in [0.25, 0.3) is 11.8 Å². The predicted octanol–water partition coefficient (Wildman–Crippen LogP) is 6.77. The van der Waals surface area contributed by atoms with Gasteiger partial charge in [0.05, 0.1) is 18.4 Å². The first-order valence-corrected chi connectivity index (χ1v) is 13.0. The van der Waals surface area contributed by atoms with Gasteiger partial charge in [0.1, 0.15) is 23.2 Å². The number of nitrogens with zero attached hydrogens (tertiary/aromatic N) is 2. The normalized spacial score (nSPS) is 14.3. The van der Waals surface area contributed by atoms with E-state index in [4.69, 9.17) is 27.9 Å². The molecule has 2 heterocycles. The number of allylic oxidation sites excluding steroid dienone is 1. The van der Waals surface area contributed by atoms with Gasteiger partial charge in [-0.05, 0) is 68.4 Å². The van der Waals surface area contributed by atoms with E-state index in [1.165, 1.54) is 6.20 Å². The first-order chi connectivity index (χ1) is 18.9. The Hall–Kier alpha value is -4.27. The summed E-state index contributed by atoms with van der Waals surface area (Å²) in [5.74, 6) is 0.471. The summed E-state index contributed by atoms with van der Waals surface area (Å²) in [6.07, 6.45) is 1.48. The molecule has 3 aromatic carbocycles. The predicted molar refractivity (Wildman–Crippen MR) is 154 cm³/mol. The maximum Gasteiger partial charge on any atom is 0.261 e. The maximum atomic E-state index is 13.6. The molecule has 2 amide bonds. The molecule has 198 valence electrons. The lowest BCUT2D eigenvalue weighted by molar-refractivity contribution is -0.113. The zero-order valence-corrected chi connectivity index (χ0v) is 22.7. The van der Waals surface area contributed by atoms with E-state index >= 15 is 0 Å². The van der Waals surface area contributed by atoms with Crippen molar-refractivity contribution in [2.24, 2.45) is 0 Å². The first kappa shape index (κ1) is 26.3. The Balaban J connectivity index is 1.50. The third kappa shape index (κ3) is 5.48. The summed E-state index contributed by atoms with van der Waals surface area (Å²) >= 11 is 12.6. The molecule has 0 saturated heterocycles. The average Bonchev–Trinajstić information content (AvgIpc) is 3.34. The fraction of sp³-hybridized carbons (Fsp3) is 0.138. The average molecular weight is 562 g/mol. The van der Waals surface area contributed by atoms with Crippen molar-refractivity contribution >= 4 is 52.2 Å². The summed E-state index contributed by atoms with van der Waals surface area (Å²) < 4.78 is 7.08. The van der Waals surface area contributed by atoms with Gasteiger partial charge in [-0.15, -0.1) is 0 Å². The van der Waals surface area contributed by atoms with Crippen molar-refractivity contribution in [1.82, 2.24) is 9.78 Å². The summed E-state index contributed by atoms with van der Waals surface area (Å²) in [5.41, 5.74) is 3.16. The first-order valence-electron chi connectivity index (χ1n) is 12.3. The van der Waals surface area contributed by atoms with Crippen LogP contribution < -0.4 is 20.7 Å². The van der Waals surface area contributed by atoms with Crippen LogP contribution in [0.15, 0.2) is 90.3 Å². The Bertz CT molecular complexity index is 1560. The van der Waals surface area contributed by atoms with Gasteiger partial charge in [0.2, 0.25) is 0 Å². The number of ether oxygens (including phenoxy) is 1. The molecule has 1 aliphatic heterocycles. The van der Waals surface area contributed by atoms with Crippen molar-refractivity contribution in [2.45, 2.75) is 19.9 Å². The van der Waals surface area contributed by atoms with Crippen LogP contribution in [0.5, 0.6) is 5.75 Å². The van der Waals surface area contributed by atoms with Gasteiger partial charge in [0.15, 0.2) is 0 Å². The molecule has 0 unspecified atom stereocenters. The van der Waals surface area contributed by atoms with Crippen LogP contribution in [0, 0.1) is 0 Å². The summed E-state index contributed by atoms with van der Waals surface area (Å²) in [5, 5.41) is 14.6. The summed E-state index contributed by atoms with van der Waals surface area (Å²) in [6, 6.07) is 20.5. The van der Waals surface area contributed by atoms with Gasteiger partial charge in [-0.2, -0.15) is 5.10 Å². The van der Waals surface area contributed by atoms with Gasteiger partial charge in [-0.3, -0.25) is 9.59 Å². The van der Waals surface area contributed by atoms with E-state index in [1.807, 2.05) is 25.1 Å². The number of benzene rings is 3. The minimum Gasteiger partial charge on any atom is -0.494 e. The number of amides is 2. The second-order valence-corrected chi connectivity index (χ2v) is 9.66. The minimum atomic E-state index is -0.686. The van der Waals surface area contributed by atoms with E-state index < -0.39 is 6.04 Å². The summed E-state index contributed by atoms with van der Waals surface area (Å²) in [6.45, 7) is 4.25. The zero-order valence-electron chi connectivity index (χ0n) is 21.2. The molecule has 39 heavy (non-hydrogen) atoms. The topological polar surface area (TPSA) is 97.3 Å². The largest absolute Gasteiger partial charge is 0.494 e. The fourth-order valence-corrected chi connectivity index (χ4v) is 4.80. The van der Waals surface area contributed by atoms with E-state index in [1.54, 1.807) is 66.2 Å². The van der Waals surface area contributed by atoms with Crippen LogP contribution >= 0.6 is 23.2 Å². The third-order valence-corrected chi connectivity index (χ3v) is 6.83. The van der Waals surface area contributed by atoms with E-state index in [-0.39, 0.29) is 11.8 Å². The lowest BCUT2D eigenvalue weighted by atomic mass is 9.94. The fourth-order valence-electron chi connectivity index (χ4n) is 4.43. The molecule has 0 fully saturated rings. The number of nitrogens with one attached hydrogen (secondary N) is 3. The van der Waals surface area contributed by atoms with Crippen molar-refractivity contribution in [2.75, 3.05) is 22.6 Å². The number of halogens is 2. The number of hydrogen-bond donors (Lipinski definition) is 3. The van der Waals surface area contributed by atoms with Gasteiger partial charge >= 0.3 is 0 Å². The smallest absolute Gasteiger partial charge is 0.261 e. The van der Waals surface area contributed by atoms with E-state index in [0.29, 0.717) is 62.0 Å². The minimum absolute atomic E-state index is 0.317. The van der Waals surface area contributed by atoms with E-state index in [9.17, 15) is 9.59 Å². The van der Waals surface area contributed by atoms with Crippen LogP contribution in [-0.2, 0) is 4.79 Å². The van der Waals surface area contributed by atoms with Crippen LogP contribution in [0.25, 0.3) is 0 Å². The molecule has 8 nitrogen and oxygen atoms in total. The Morgan fingerprint density at radius 1 is 0.949 bits per heavy atom. The monoisotopic (exact) mass is 561 g/mol. The second kappa shape index (κ2) is 11.2. The molecule has 0 saturated carbocycles. The van der Waals surface area contributed by atoms with Crippen molar-refractivity contribution in [3.8, 4) is 5.75 Å². The Morgan fingerprint density at radius 2 is 1.59 bits per heavy atom. The standard InChI is InChI=1S/C29H25Cl2N5O3/c1-3-39-21-14-12-20(13-15-21)34-28(37)23-16-32-36-26(22-6-4-5-7-24(22)31)25(17(2)33-27(23)36)29(38)35-19-10-8-18(30)9-11-19/h4-16,26,33H,3H2,1-2H3,(H,34,37)(H,35,38)/t26-/m0/s1. The highest BCUT2D eigenvalue weighted by molar-refractivity contribution is 6.31. The highest BCUT2D eigenvalue weighted by Gasteiger charge is 2.36. The molecule has 0 bridgehead atoms. The Labute approximate surface area is 235 Å². The molecule has 5 rings (SSSR count). The molecular formula is C29H25Cl2N5O3. The van der Waals surface area contributed by atoms with Crippen LogP contribution in [0.3, 0.4) is 0 Å². The second-order valence-electron chi connectivity index (χ2n) is 8.81. The van der Waals surface area contributed by atoms with Crippen LogP contribution in [0.1, 0.15) is 35.8 Å². The van der Waals surface area contributed by atoms with Crippen molar-refractivity contribution in [3.05, 3.63) is 111 Å². The number of carbonyl (C=O) groups excluding carboxylic acids is 2. The van der Waals surface area contributed by atoms with Crippen LogP contribution in [-0.4, -0.2) is 28.2 Å². The molecular weight excluding hydrogens is 537 g/mol. The quantitative estimate of drug-likeness (QED) is 0.231. The van der Waals surface area contributed by atoms with Crippen LogP contribution in [0.2, 0.25) is 10.0 Å². The molecule has 0 spiro atoms. The van der Waals surface area contributed by atoms with Crippen molar-refractivity contribution in [3.63, 3.8) is 0 Å². The molecule has 1 atom stereocenters. The number of carbonyl (C=O) groups is 2. The maximum absolute atomic E-state index is 13.6. The van der Waals surface area contributed by atoms with Gasteiger partial charge in [-0.25, -0.2) is 4.68 Å². The highest BCUT2D eigenvalue weighted by atomic mass is 35.5. The number of fused-ring (bicyclic) bond motifs is 1. The Kier molecular flexibility index (Phi) is 7.58. The molecule has 10 heteroatoms. The molecule has 4 aromatic rings. The molecule has 3 N–H and O–H groups in total. The Morgan fingerprint density at radius 3 is 2.26 bits per heavy atom. The number of anilines is 3. The van der Waals surface area contributed by atoms with Crippen molar-refractivity contribution in [1.29, 1.82) is 0 Å². The zero-order chi connectivity index (χ0) is 27.5. The highest BCUT2D eigenvalue weighted by Crippen LogP contribution is 2.40. The SMILES string of the molecule is CCOc1ccc(NC(=O)c2cnn3c2NC(C)=C(C(=O)Nc2ccc(Cl)cc2)[C@@H]3c2ccccc2Cl)cc1. The molecule has 0 radical (unpaired) electrons. The lowest BCUT2D eigenvalue weighted by Gasteiger charge is -2.30.